The Hall–Kier alpha value is -1.80. The maximum absolute atomic E-state index is 5.78. The molecule has 2 nitrogen and oxygen atoms in total. The summed E-state index contributed by atoms with van der Waals surface area (Å²) >= 11 is 0. The first-order valence-corrected chi connectivity index (χ1v) is 6.81. The van der Waals surface area contributed by atoms with Crippen LogP contribution in [0.15, 0.2) is 48.5 Å². The first-order chi connectivity index (χ1) is 9.31. The third-order valence-corrected chi connectivity index (χ3v) is 3.22. The van der Waals surface area contributed by atoms with E-state index in [0.717, 1.165) is 18.6 Å². The van der Waals surface area contributed by atoms with Gasteiger partial charge in [0.15, 0.2) is 0 Å². The van der Waals surface area contributed by atoms with Gasteiger partial charge in [-0.25, -0.2) is 0 Å². The summed E-state index contributed by atoms with van der Waals surface area (Å²) in [5.74, 6) is 0.956. The maximum Gasteiger partial charge on any atom is 0.119 e. The molecular formula is C17H21NO. The van der Waals surface area contributed by atoms with Crippen LogP contribution in [0.25, 0.3) is 0 Å². The smallest absolute Gasteiger partial charge is 0.119 e. The molecule has 19 heavy (non-hydrogen) atoms. The molecule has 0 saturated heterocycles. The molecule has 2 heteroatoms. The topological polar surface area (TPSA) is 35.2 Å². The SMILES string of the molecule is CCc1cccc(OCCc2ccc(CN)cc2)c1. The molecule has 0 bridgehead atoms. The lowest BCUT2D eigenvalue weighted by atomic mass is 10.1. The number of aryl methyl sites for hydroxylation is 1. The number of nitrogens with two attached hydrogens (primary N) is 1. The van der Waals surface area contributed by atoms with Gasteiger partial charge >= 0.3 is 0 Å². The quantitative estimate of drug-likeness (QED) is 0.859. The lowest BCUT2D eigenvalue weighted by Gasteiger charge is -2.08. The van der Waals surface area contributed by atoms with Crippen LogP contribution in [0.5, 0.6) is 5.75 Å². The zero-order chi connectivity index (χ0) is 13.5. The average molecular weight is 255 g/mol. The highest BCUT2D eigenvalue weighted by atomic mass is 16.5. The van der Waals surface area contributed by atoms with Crippen LogP contribution < -0.4 is 10.5 Å². The largest absolute Gasteiger partial charge is 0.493 e. The van der Waals surface area contributed by atoms with E-state index >= 15 is 0 Å². The minimum Gasteiger partial charge on any atom is -0.493 e. The highest BCUT2D eigenvalue weighted by molar-refractivity contribution is 5.28. The van der Waals surface area contributed by atoms with Gasteiger partial charge in [-0.1, -0.05) is 43.3 Å². The van der Waals surface area contributed by atoms with Crippen LogP contribution in [-0.2, 0) is 19.4 Å². The van der Waals surface area contributed by atoms with Crippen LogP contribution in [0.2, 0.25) is 0 Å². The molecule has 0 spiro atoms. The second-order valence-electron chi connectivity index (χ2n) is 4.62. The minimum atomic E-state index is 0.598. The highest BCUT2D eigenvalue weighted by Crippen LogP contribution is 2.14. The van der Waals surface area contributed by atoms with E-state index in [4.69, 9.17) is 10.5 Å². The van der Waals surface area contributed by atoms with Crippen molar-refractivity contribution < 1.29 is 4.74 Å². The van der Waals surface area contributed by atoms with E-state index in [1.165, 1.54) is 16.7 Å². The molecule has 0 fully saturated rings. The first kappa shape index (κ1) is 13.6. The zero-order valence-corrected chi connectivity index (χ0v) is 11.4. The summed E-state index contributed by atoms with van der Waals surface area (Å²) in [6.07, 6.45) is 1.96. The van der Waals surface area contributed by atoms with Crippen molar-refractivity contribution in [1.82, 2.24) is 0 Å². The minimum absolute atomic E-state index is 0.598. The van der Waals surface area contributed by atoms with Crippen LogP contribution in [0.1, 0.15) is 23.6 Å². The van der Waals surface area contributed by atoms with Gasteiger partial charge in [0.25, 0.3) is 0 Å². The van der Waals surface area contributed by atoms with Gasteiger partial charge in [-0.2, -0.15) is 0 Å². The Labute approximate surface area is 115 Å². The molecule has 0 heterocycles. The van der Waals surface area contributed by atoms with Crippen molar-refractivity contribution in [2.75, 3.05) is 6.61 Å². The predicted molar refractivity (Wildman–Crippen MR) is 79.4 cm³/mol. The molecule has 0 radical (unpaired) electrons. The second-order valence-corrected chi connectivity index (χ2v) is 4.62. The van der Waals surface area contributed by atoms with Crippen molar-refractivity contribution in [3.8, 4) is 5.75 Å². The molecule has 0 saturated carbocycles. The van der Waals surface area contributed by atoms with Crippen LogP contribution in [0.4, 0.5) is 0 Å². The Kier molecular flexibility index (Phi) is 4.99. The van der Waals surface area contributed by atoms with Gasteiger partial charge in [-0.3, -0.25) is 0 Å². The number of hydrogen-bond donors (Lipinski definition) is 1. The highest BCUT2D eigenvalue weighted by Gasteiger charge is 1.97. The fourth-order valence-electron chi connectivity index (χ4n) is 1.98. The van der Waals surface area contributed by atoms with Crippen LogP contribution in [0.3, 0.4) is 0 Å². The summed E-state index contributed by atoms with van der Waals surface area (Å²) in [4.78, 5) is 0. The third-order valence-electron chi connectivity index (χ3n) is 3.22. The van der Waals surface area contributed by atoms with Gasteiger partial charge in [-0.15, -0.1) is 0 Å². The van der Waals surface area contributed by atoms with Gasteiger partial charge in [0.05, 0.1) is 6.61 Å². The second kappa shape index (κ2) is 6.95. The van der Waals surface area contributed by atoms with Crippen molar-refractivity contribution in [3.05, 3.63) is 65.2 Å². The lowest BCUT2D eigenvalue weighted by Crippen LogP contribution is -2.02. The Bertz CT molecular complexity index is 505. The number of hydrogen-bond acceptors (Lipinski definition) is 2. The molecule has 2 rings (SSSR count). The predicted octanol–water partition coefficient (Wildman–Crippen LogP) is 3.33. The number of rotatable bonds is 6. The van der Waals surface area contributed by atoms with Crippen molar-refractivity contribution in [1.29, 1.82) is 0 Å². The van der Waals surface area contributed by atoms with E-state index in [9.17, 15) is 0 Å². The van der Waals surface area contributed by atoms with Crippen LogP contribution >= 0.6 is 0 Å². The zero-order valence-electron chi connectivity index (χ0n) is 11.4. The van der Waals surface area contributed by atoms with Crippen molar-refractivity contribution in [3.63, 3.8) is 0 Å². The molecule has 0 aliphatic carbocycles. The molecular weight excluding hydrogens is 234 g/mol. The summed E-state index contributed by atoms with van der Waals surface area (Å²) < 4.78 is 5.78. The van der Waals surface area contributed by atoms with Crippen molar-refractivity contribution in [2.45, 2.75) is 26.3 Å². The van der Waals surface area contributed by atoms with Gasteiger partial charge in [0, 0.05) is 13.0 Å². The summed E-state index contributed by atoms with van der Waals surface area (Å²) in [7, 11) is 0. The summed E-state index contributed by atoms with van der Waals surface area (Å²) in [6, 6.07) is 16.7. The molecule has 100 valence electrons. The molecule has 2 aromatic carbocycles. The van der Waals surface area contributed by atoms with E-state index in [1.807, 2.05) is 12.1 Å². The lowest BCUT2D eigenvalue weighted by molar-refractivity contribution is 0.321. The normalized spacial score (nSPS) is 10.4. The Morgan fingerprint density at radius 3 is 2.37 bits per heavy atom. The van der Waals surface area contributed by atoms with E-state index < -0.39 is 0 Å². The van der Waals surface area contributed by atoms with E-state index in [2.05, 4.69) is 43.3 Å². The Morgan fingerprint density at radius 2 is 1.68 bits per heavy atom. The molecule has 0 atom stereocenters. The summed E-state index contributed by atoms with van der Waals surface area (Å²) in [6.45, 7) is 3.45. The van der Waals surface area contributed by atoms with E-state index in [0.29, 0.717) is 13.2 Å². The standard InChI is InChI=1S/C17H21NO/c1-2-14-4-3-5-17(12-14)19-11-10-15-6-8-16(13-18)9-7-15/h3-9,12H,2,10-11,13,18H2,1H3. The first-order valence-electron chi connectivity index (χ1n) is 6.81. The van der Waals surface area contributed by atoms with Gasteiger partial charge in [0.1, 0.15) is 5.75 Å². The van der Waals surface area contributed by atoms with Crippen molar-refractivity contribution >= 4 is 0 Å². The molecule has 2 aromatic rings. The molecule has 0 aliphatic rings. The fourth-order valence-corrected chi connectivity index (χ4v) is 1.98. The molecule has 0 amide bonds. The van der Waals surface area contributed by atoms with Gasteiger partial charge in [-0.05, 0) is 35.2 Å². The number of benzene rings is 2. The summed E-state index contributed by atoms with van der Waals surface area (Å²) in [5.41, 5.74) is 9.34. The van der Waals surface area contributed by atoms with Gasteiger partial charge < -0.3 is 10.5 Å². The average Bonchev–Trinajstić information content (AvgIpc) is 2.48. The maximum atomic E-state index is 5.78. The fraction of sp³-hybridized carbons (Fsp3) is 0.294. The molecule has 0 aliphatic heterocycles. The third kappa shape index (κ3) is 4.11. The molecule has 2 N–H and O–H groups in total. The van der Waals surface area contributed by atoms with Crippen LogP contribution in [0, 0.1) is 0 Å². The number of ether oxygens (including phenoxy) is 1. The summed E-state index contributed by atoms with van der Waals surface area (Å²) in [5, 5.41) is 0. The van der Waals surface area contributed by atoms with Gasteiger partial charge in [0.2, 0.25) is 0 Å². The van der Waals surface area contributed by atoms with Crippen molar-refractivity contribution in [2.24, 2.45) is 5.73 Å². The van der Waals surface area contributed by atoms with E-state index in [1.54, 1.807) is 0 Å². The molecule has 0 aromatic heterocycles. The molecule has 0 unspecified atom stereocenters. The van der Waals surface area contributed by atoms with Crippen LogP contribution in [-0.4, -0.2) is 6.61 Å². The Balaban J connectivity index is 1.85. The Morgan fingerprint density at radius 1 is 0.947 bits per heavy atom. The monoisotopic (exact) mass is 255 g/mol. The van der Waals surface area contributed by atoms with E-state index in [-0.39, 0.29) is 0 Å².